The SMILES string of the molecule is Fc1c(-c2ccccc2)cc(-c2ccccc2)cc1-c1ccccc1. The fraction of sp³-hybridized carbons (Fsp3) is 0. The maximum Gasteiger partial charge on any atom is 0.138 e. The van der Waals surface area contributed by atoms with Crippen LogP contribution in [0.1, 0.15) is 0 Å². The number of hydrogen-bond donors (Lipinski definition) is 0. The van der Waals surface area contributed by atoms with Gasteiger partial charge in [-0.2, -0.15) is 0 Å². The molecule has 0 fully saturated rings. The van der Waals surface area contributed by atoms with Gasteiger partial charge in [-0.05, 0) is 34.4 Å². The predicted molar refractivity (Wildman–Crippen MR) is 103 cm³/mol. The molecule has 4 aromatic carbocycles. The van der Waals surface area contributed by atoms with E-state index in [1.807, 2.05) is 91.0 Å². The Kier molecular flexibility index (Phi) is 4.14. The summed E-state index contributed by atoms with van der Waals surface area (Å²) in [6, 6.07) is 33.4. The van der Waals surface area contributed by atoms with Crippen molar-refractivity contribution in [2.75, 3.05) is 0 Å². The summed E-state index contributed by atoms with van der Waals surface area (Å²) in [6.07, 6.45) is 0. The second-order valence-electron chi connectivity index (χ2n) is 5.98. The van der Waals surface area contributed by atoms with Crippen LogP contribution in [0.2, 0.25) is 0 Å². The number of halogens is 1. The lowest BCUT2D eigenvalue weighted by atomic mass is 9.92. The molecule has 0 bridgehead atoms. The van der Waals surface area contributed by atoms with Crippen molar-refractivity contribution < 1.29 is 4.39 Å². The second kappa shape index (κ2) is 6.74. The average Bonchev–Trinajstić information content (AvgIpc) is 2.70. The first-order valence-corrected chi connectivity index (χ1v) is 8.33. The topological polar surface area (TPSA) is 0 Å². The zero-order valence-electron chi connectivity index (χ0n) is 13.7. The summed E-state index contributed by atoms with van der Waals surface area (Å²) in [5, 5.41) is 0. The molecule has 4 rings (SSSR count). The van der Waals surface area contributed by atoms with Crippen LogP contribution in [0.15, 0.2) is 103 Å². The highest BCUT2D eigenvalue weighted by molar-refractivity contribution is 5.81. The second-order valence-corrected chi connectivity index (χ2v) is 5.98. The lowest BCUT2D eigenvalue weighted by molar-refractivity contribution is 0.635. The van der Waals surface area contributed by atoms with Crippen LogP contribution in [-0.4, -0.2) is 0 Å². The van der Waals surface area contributed by atoms with Crippen LogP contribution in [-0.2, 0) is 0 Å². The van der Waals surface area contributed by atoms with Gasteiger partial charge in [0, 0.05) is 11.1 Å². The quantitative estimate of drug-likeness (QED) is 0.387. The van der Waals surface area contributed by atoms with Crippen LogP contribution < -0.4 is 0 Å². The highest BCUT2D eigenvalue weighted by Gasteiger charge is 2.14. The van der Waals surface area contributed by atoms with Crippen LogP contribution in [0.3, 0.4) is 0 Å². The monoisotopic (exact) mass is 324 g/mol. The molecule has 0 N–H and O–H groups in total. The summed E-state index contributed by atoms with van der Waals surface area (Å²) in [6.45, 7) is 0. The first-order chi connectivity index (χ1) is 12.3. The van der Waals surface area contributed by atoms with Crippen LogP contribution in [0.25, 0.3) is 33.4 Å². The molecular formula is C24H17F. The molecular weight excluding hydrogens is 307 g/mol. The number of rotatable bonds is 3. The van der Waals surface area contributed by atoms with Gasteiger partial charge in [-0.15, -0.1) is 0 Å². The van der Waals surface area contributed by atoms with E-state index in [4.69, 9.17) is 0 Å². The fourth-order valence-electron chi connectivity index (χ4n) is 3.08. The molecule has 120 valence electrons. The van der Waals surface area contributed by atoms with E-state index in [1.54, 1.807) is 0 Å². The molecule has 0 radical (unpaired) electrons. The van der Waals surface area contributed by atoms with Crippen molar-refractivity contribution in [2.24, 2.45) is 0 Å². The Morgan fingerprint density at radius 2 is 0.760 bits per heavy atom. The third kappa shape index (κ3) is 3.09. The summed E-state index contributed by atoms with van der Waals surface area (Å²) < 4.78 is 15.3. The Morgan fingerprint density at radius 1 is 0.400 bits per heavy atom. The summed E-state index contributed by atoms with van der Waals surface area (Å²) in [4.78, 5) is 0. The maximum absolute atomic E-state index is 15.3. The van der Waals surface area contributed by atoms with Crippen molar-refractivity contribution in [2.45, 2.75) is 0 Å². The molecule has 0 aromatic heterocycles. The average molecular weight is 324 g/mol. The largest absolute Gasteiger partial charge is 0.206 e. The van der Waals surface area contributed by atoms with Gasteiger partial charge in [0.15, 0.2) is 0 Å². The van der Waals surface area contributed by atoms with Crippen molar-refractivity contribution in [3.8, 4) is 33.4 Å². The van der Waals surface area contributed by atoms with E-state index < -0.39 is 0 Å². The first-order valence-electron chi connectivity index (χ1n) is 8.33. The molecule has 1 heteroatoms. The lowest BCUT2D eigenvalue weighted by Gasteiger charge is -2.13. The van der Waals surface area contributed by atoms with Crippen LogP contribution in [0.4, 0.5) is 4.39 Å². The normalized spacial score (nSPS) is 10.6. The van der Waals surface area contributed by atoms with Gasteiger partial charge < -0.3 is 0 Å². The minimum atomic E-state index is -0.183. The van der Waals surface area contributed by atoms with E-state index in [1.165, 1.54) is 0 Å². The maximum atomic E-state index is 15.3. The Labute approximate surface area is 147 Å². The van der Waals surface area contributed by atoms with Gasteiger partial charge in [-0.25, -0.2) is 4.39 Å². The summed E-state index contributed by atoms with van der Waals surface area (Å²) >= 11 is 0. The third-order valence-electron chi connectivity index (χ3n) is 4.35. The Hall–Kier alpha value is -3.19. The molecule has 25 heavy (non-hydrogen) atoms. The zero-order chi connectivity index (χ0) is 17.1. The minimum Gasteiger partial charge on any atom is -0.206 e. The molecule has 0 nitrogen and oxygen atoms in total. The van der Waals surface area contributed by atoms with Crippen molar-refractivity contribution >= 4 is 0 Å². The molecule has 0 aliphatic heterocycles. The van der Waals surface area contributed by atoms with Crippen molar-refractivity contribution in [1.29, 1.82) is 0 Å². The molecule has 0 heterocycles. The molecule has 0 aliphatic rings. The van der Waals surface area contributed by atoms with Gasteiger partial charge in [0.25, 0.3) is 0 Å². The smallest absolute Gasteiger partial charge is 0.138 e. The standard InChI is InChI=1S/C24H17F/c25-24-22(19-12-6-2-7-13-19)16-21(18-10-4-1-5-11-18)17-23(24)20-14-8-3-9-15-20/h1-17H. The van der Waals surface area contributed by atoms with Gasteiger partial charge in [0.1, 0.15) is 5.82 Å². The third-order valence-corrected chi connectivity index (χ3v) is 4.35. The molecule has 0 spiro atoms. The van der Waals surface area contributed by atoms with Gasteiger partial charge in [0.2, 0.25) is 0 Å². The number of hydrogen-bond acceptors (Lipinski definition) is 0. The molecule has 0 amide bonds. The van der Waals surface area contributed by atoms with Crippen molar-refractivity contribution in [3.05, 3.63) is 109 Å². The Morgan fingerprint density at radius 3 is 1.16 bits per heavy atom. The van der Waals surface area contributed by atoms with E-state index in [2.05, 4.69) is 12.1 Å². The molecule has 0 saturated carbocycles. The van der Waals surface area contributed by atoms with Crippen LogP contribution >= 0.6 is 0 Å². The molecule has 4 aromatic rings. The lowest BCUT2D eigenvalue weighted by Crippen LogP contribution is -1.92. The molecule has 0 unspecified atom stereocenters. The fourth-order valence-corrected chi connectivity index (χ4v) is 3.08. The van der Waals surface area contributed by atoms with Gasteiger partial charge >= 0.3 is 0 Å². The van der Waals surface area contributed by atoms with E-state index in [0.717, 1.165) is 22.3 Å². The Bertz CT molecular complexity index is 914. The van der Waals surface area contributed by atoms with Crippen LogP contribution in [0, 0.1) is 5.82 Å². The predicted octanol–water partition coefficient (Wildman–Crippen LogP) is 6.83. The molecule has 0 saturated heterocycles. The number of benzene rings is 4. The van der Waals surface area contributed by atoms with Crippen molar-refractivity contribution in [3.63, 3.8) is 0 Å². The van der Waals surface area contributed by atoms with E-state index >= 15 is 4.39 Å². The highest BCUT2D eigenvalue weighted by atomic mass is 19.1. The molecule has 0 aliphatic carbocycles. The van der Waals surface area contributed by atoms with E-state index in [-0.39, 0.29) is 5.82 Å². The zero-order valence-corrected chi connectivity index (χ0v) is 13.7. The van der Waals surface area contributed by atoms with Crippen LogP contribution in [0.5, 0.6) is 0 Å². The van der Waals surface area contributed by atoms with Crippen molar-refractivity contribution in [1.82, 2.24) is 0 Å². The first kappa shape index (κ1) is 15.3. The Balaban J connectivity index is 1.98. The summed E-state index contributed by atoms with van der Waals surface area (Å²) in [7, 11) is 0. The van der Waals surface area contributed by atoms with E-state index in [9.17, 15) is 0 Å². The highest BCUT2D eigenvalue weighted by Crippen LogP contribution is 2.35. The molecule has 0 atom stereocenters. The van der Waals surface area contributed by atoms with Gasteiger partial charge in [-0.3, -0.25) is 0 Å². The summed E-state index contributed by atoms with van der Waals surface area (Å²) in [5.74, 6) is -0.183. The summed E-state index contributed by atoms with van der Waals surface area (Å²) in [5.41, 5.74) is 5.11. The minimum absolute atomic E-state index is 0.183. The van der Waals surface area contributed by atoms with E-state index in [0.29, 0.717) is 11.1 Å². The van der Waals surface area contributed by atoms with Gasteiger partial charge in [-0.1, -0.05) is 91.0 Å². The van der Waals surface area contributed by atoms with Gasteiger partial charge in [0.05, 0.1) is 0 Å².